The SMILES string of the molecule is CC(C)(O)C#C[C@@](O)(c1ccccc1)c1ccc(F)c(F)c1. The fourth-order valence-electron chi connectivity index (χ4n) is 1.95. The van der Waals surface area contributed by atoms with Crippen molar-refractivity contribution in [2.75, 3.05) is 0 Å². The summed E-state index contributed by atoms with van der Waals surface area (Å²) in [5.74, 6) is 3.04. The molecule has 1 atom stereocenters. The van der Waals surface area contributed by atoms with Crippen LogP contribution in [0.5, 0.6) is 0 Å². The molecule has 0 unspecified atom stereocenters. The molecule has 22 heavy (non-hydrogen) atoms. The lowest BCUT2D eigenvalue weighted by Crippen LogP contribution is -2.27. The Morgan fingerprint density at radius 3 is 2.00 bits per heavy atom. The molecule has 0 amide bonds. The molecule has 2 nitrogen and oxygen atoms in total. The van der Waals surface area contributed by atoms with Gasteiger partial charge in [-0.25, -0.2) is 8.78 Å². The average molecular weight is 302 g/mol. The van der Waals surface area contributed by atoms with E-state index in [2.05, 4.69) is 11.8 Å². The van der Waals surface area contributed by atoms with Gasteiger partial charge in [0.25, 0.3) is 0 Å². The molecule has 0 heterocycles. The summed E-state index contributed by atoms with van der Waals surface area (Å²) in [4.78, 5) is 0. The van der Waals surface area contributed by atoms with Crippen molar-refractivity contribution in [2.24, 2.45) is 0 Å². The molecule has 0 aliphatic rings. The van der Waals surface area contributed by atoms with Crippen molar-refractivity contribution in [3.8, 4) is 11.8 Å². The predicted octanol–water partition coefficient (Wildman–Crippen LogP) is 2.98. The van der Waals surface area contributed by atoms with Crippen LogP contribution < -0.4 is 0 Å². The van der Waals surface area contributed by atoms with Crippen LogP contribution in [0.4, 0.5) is 8.78 Å². The van der Waals surface area contributed by atoms with Gasteiger partial charge in [-0.2, -0.15) is 0 Å². The Hall–Kier alpha value is -2.22. The van der Waals surface area contributed by atoms with E-state index in [0.717, 1.165) is 12.1 Å². The smallest absolute Gasteiger partial charge is 0.177 e. The second-order valence-electron chi connectivity index (χ2n) is 5.51. The van der Waals surface area contributed by atoms with Crippen LogP contribution in [0.25, 0.3) is 0 Å². The molecule has 2 aromatic carbocycles. The highest BCUT2D eigenvalue weighted by Gasteiger charge is 2.31. The molecular weight excluding hydrogens is 286 g/mol. The molecule has 0 aromatic heterocycles. The fourth-order valence-corrected chi connectivity index (χ4v) is 1.95. The minimum atomic E-state index is -1.85. The lowest BCUT2D eigenvalue weighted by molar-refractivity contribution is 0.132. The van der Waals surface area contributed by atoms with Crippen LogP contribution in [0.3, 0.4) is 0 Å². The van der Waals surface area contributed by atoms with E-state index >= 15 is 0 Å². The highest BCUT2D eigenvalue weighted by Crippen LogP contribution is 2.30. The number of hydrogen-bond acceptors (Lipinski definition) is 2. The van der Waals surface area contributed by atoms with Crippen molar-refractivity contribution in [3.05, 3.63) is 71.3 Å². The van der Waals surface area contributed by atoms with Crippen molar-refractivity contribution < 1.29 is 19.0 Å². The summed E-state index contributed by atoms with van der Waals surface area (Å²) in [6.45, 7) is 2.94. The van der Waals surface area contributed by atoms with Gasteiger partial charge in [-0.3, -0.25) is 0 Å². The molecule has 0 aliphatic carbocycles. The Morgan fingerprint density at radius 1 is 0.818 bits per heavy atom. The molecular formula is C18H16F2O2. The van der Waals surface area contributed by atoms with Gasteiger partial charge >= 0.3 is 0 Å². The normalized spacial score (nSPS) is 13.9. The first-order valence-electron chi connectivity index (χ1n) is 6.72. The van der Waals surface area contributed by atoms with Crippen LogP contribution in [-0.4, -0.2) is 15.8 Å². The van der Waals surface area contributed by atoms with E-state index in [1.54, 1.807) is 30.3 Å². The van der Waals surface area contributed by atoms with Crippen LogP contribution in [0.15, 0.2) is 48.5 Å². The van der Waals surface area contributed by atoms with Crippen LogP contribution in [0.2, 0.25) is 0 Å². The first-order valence-corrected chi connectivity index (χ1v) is 6.72. The van der Waals surface area contributed by atoms with Crippen molar-refractivity contribution in [3.63, 3.8) is 0 Å². The zero-order chi connectivity index (χ0) is 16.4. The van der Waals surface area contributed by atoms with E-state index in [-0.39, 0.29) is 5.56 Å². The summed E-state index contributed by atoms with van der Waals surface area (Å²) < 4.78 is 26.6. The Balaban J connectivity index is 2.64. The highest BCUT2D eigenvalue weighted by molar-refractivity contribution is 5.45. The summed E-state index contributed by atoms with van der Waals surface area (Å²) in [7, 11) is 0. The number of benzene rings is 2. The maximum absolute atomic E-state index is 13.5. The van der Waals surface area contributed by atoms with Gasteiger partial charge in [-0.1, -0.05) is 48.2 Å². The van der Waals surface area contributed by atoms with E-state index in [0.29, 0.717) is 5.56 Å². The van der Waals surface area contributed by atoms with E-state index in [9.17, 15) is 19.0 Å². The van der Waals surface area contributed by atoms with Crippen molar-refractivity contribution in [2.45, 2.75) is 25.0 Å². The van der Waals surface area contributed by atoms with Crippen molar-refractivity contribution in [1.82, 2.24) is 0 Å². The average Bonchev–Trinajstić information content (AvgIpc) is 2.48. The quantitative estimate of drug-likeness (QED) is 0.837. The highest BCUT2D eigenvalue weighted by atomic mass is 19.2. The summed E-state index contributed by atoms with van der Waals surface area (Å²) in [6.07, 6.45) is 0. The zero-order valence-electron chi connectivity index (χ0n) is 12.3. The van der Waals surface area contributed by atoms with Gasteiger partial charge in [0.1, 0.15) is 5.60 Å². The molecule has 2 aromatic rings. The van der Waals surface area contributed by atoms with Gasteiger partial charge in [0.15, 0.2) is 17.2 Å². The summed E-state index contributed by atoms with van der Waals surface area (Å²) >= 11 is 0. The first kappa shape index (κ1) is 16.2. The molecule has 0 aliphatic heterocycles. The molecule has 0 fully saturated rings. The number of aliphatic hydroxyl groups is 2. The van der Waals surface area contributed by atoms with Gasteiger partial charge in [0.05, 0.1) is 0 Å². The van der Waals surface area contributed by atoms with E-state index in [1.165, 1.54) is 19.9 Å². The minimum Gasteiger partial charge on any atom is -0.378 e. The molecule has 114 valence electrons. The van der Waals surface area contributed by atoms with E-state index < -0.39 is 22.8 Å². The zero-order valence-corrected chi connectivity index (χ0v) is 12.3. The Kier molecular flexibility index (Phi) is 4.32. The molecule has 0 saturated heterocycles. The minimum absolute atomic E-state index is 0.0920. The van der Waals surface area contributed by atoms with Crippen molar-refractivity contribution in [1.29, 1.82) is 0 Å². The first-order chi connectivity index (χ1) is 10.2. The third-order valence-electron chi connectivity index (χ3n) is 3.08. The summed E-state index contributed by atoms with van der Waals surface area (Å²) in [5, 5.41) is 20.7. The Morgan fingerprint density at radius 2 is 1.45 bits per heavy atom. The van der Waals surface area contributed by atoms with E-state index in [1.807, 2.05) is 0 Å². The van der Waals surface area contributed by atoms with Crippen molar-refractivity contribution >= 4 is 0 Å². The second kappa shape index (κ2) is 5.88. The van der Waals surface area contributed by atoms with Gasteiger partial charge in [-0.05, 0) is 26.0 Å². The molecule has 0 spiro atoms. The summed E-state index contributed by atoms with van der Waals surface area (Å²) in [5.41, 5.74) is -2.69. The van der Waals surface area contributed by atoms with Gasteiger partial charge < -0.3 is 10.2 Å². The maximum Gasteiger partial charge on any atom is 0.177 e. The third kappa shape index (κ3) is 3.51. The molecule has 0 radical (unpaired) electrons. The fraction of sp³-hybridized carbons (Fsp3) is 0.222. The molecule has 2 rings (SSSR count). The number of hydrogen-bond donors (Lipinski definition) is 2. The molecule has 4 heteroatoms. The topological polar surface area (TPSA) is 40.5 Å². The van der Waals surface area contributed by atoms with Gasteiger partial charge in [-0.15, -0.1) is 0 Å². The maximum atomic E-state index is 13.5. The molecule has 2 N–H and O–H groups in total. The monoisotopic (exact) mass is 302 g/mol. The number of halogens is 2. The van der Waals surface area contributed by atoms with Crippen LogP contribution in [0, 0.1) is 23.5 Å². The Labute approximate surface area is 128 Å². The summed E-state index contributed by atoms with van der Waals surface area (Å²) in [6, 6.07) is 11.5. The lowest BCUT2D eigenvalue weighted by atomic mass is 9.86. The Bertz CT molecular complexity index is 724. The van der Waals surface area contributed by atoms with Crippen LogP contribution in [-0.2, 0) is 5.60 Å². The third-order valence-corrected chi connectivity index (χ3v) is 3.08. The van der Waals surface area contributed by atoms with E-state index in [4.69, 9.17) is 0 Å². The van der Waals surface area contributed by atoms with Crippen LogP contribution >= 0.6 is 0 Å². The molecule has 0 bridgehead atoms. The molecule has 0 saturated carbocycles. The number of rotatable bonds is 2. The largest absolute Gasteiger partial charge is 0.378 e. The van der Waals surface area contributed by atoms with Crippen LogP contribution in [0.1, 0.15) is 25.0 Å². The second-order valence-corrected chi connectivity index (χ2v) is 5.51. The predicted molar refractivity (Wildman–Crippen MR) is 79.9 cm³/mol. The van der Waals surface area contributed by atoms with Gasteiger partial charge in [0.2, 0.25) is 0 Å². The standard InChI is InChI=1S/C18H16F2O2/c1-17(2,21)10-11-18(22,13-6-4-3-5-7-13)14-8-9-15(19)16(20)12-14/h3-9,12,21-22H,1-2H3/t18-/m1/s1. The lowest BCUT2D eigenvalue weighted by Gasteiger charge is -2.24. The van der Waals surface area contributed by atoms with Gasteiger partial charge in [0, 0.05) is 11.1 Å².